The van der Waals surface area contributed by atoms with Crippen LogP contribution in [0, 0.1) is 5.41 Å². The van der Waals surface area contributed by atoms with Gasteiger partial charge < -0.3 is 24.8 Å². The smallest absolute Gasteiger partial charge is 1.00 e. The van der Waals surface area contributed by atoms with Crippen LogP contribution in [-0.4, -0.2) is 18.2 Å². The van der Waals surface area contributed by atoms with Crippen molar-refractivity contribution in [3.8, 4) is 0 Å². The minimum absolute atomic E-state index is 0. The van der Waals surface area contributed by atoms with E-state index >= 15 is 0 Å². The first kappa shape index (κ1) is 25.8. The molecule has 1 atom stereocenters. The van der Waals surface area contributed by atoms with Gasteiger partial charge in [-0.05, 0) is 0 Å². The summed E-state index contributed by atoms with van der Waals surface area (Å²) in [6.07, 6.45) is 15.6. The molecule has 0 aromatic carbocycles. The van der Waals surface area contributed by atoms with Crippen molar-refractivity contribution >= 4 is 19.8 Å². The van der Waals surface area contributed by atoms with Crippen molar-refractivity contribution in [2.75, 3.05) is 5.75 Å². The summed E-state index contributed by atoms with van der Waals surface area (Å²) in [6, 6.07) is 0. The van der Waals surface area contributed by atoms with E-state index in [1.807, 2.05) is 0 Å². The number of halogens is 2. The molecule has 25 heavy (non-hydrogen) atoms. The van der Waals surface area contributed by atoms with Crippen molar-refractivity contribution in [3.05, 3.63) is 45.0 Å². The van der Waals surface area contributed by atoms with Gasteiger partial charge in [-0.3, -0.25) is 0 Å². The van der Waals surface area contributed by atoms with Gasteiger partial charge in [-0.2, -0.15) is 0 Å². The molecule has 0 spiro atoms. The molecular formula is C20H31Cl2SSiTi. The Morgan fingerprint density at radius 1 is 1.20 bits per heavy atom. The van der Waals surface area contributed by atoms with Crippen LogP contribution in [0.25, 0.3) is 0 Å². The molecule has 0 aromatic rings. The standard InChI is InChI=1S/C20H31SSi.2ClH.Ti/c1-7-16-21-20(22(5,6)17-12-8-9-13-17)15-11-10-14-18(20)19(2,3)4;;;/h8,10-12,14H,7,9,15-16H2,1-6H3;2*1H;/q;;;+2/p-2. The Hall–Kier alpha value is 0.821. The fourth-order valence-corrected chi connectivity index (χ4v) is 12.7. The third-order valence-electron chi connectivity index (χ3n) is 5.21. The maximum atomic E-state index is 2.61. The van der Waals surface area contributed by atoms with Crippen molar-refractivity contribution < 1.29 is 45.2 Å². The largest absolute Gasteiger partial charge is 1.00 e. The molecule has 139 valence electrons. The second-order valence-corrected chi connectivity index (χ2v) is 15.6. The zero-order chi connectivity index (χ0) is 17.3. The van der Waals surface area contributed by atoms with E-state index in [1.165, 1.54) is 18.6 Å². The Balaban J connectivity index is 0.00000288. The third-order valence-corrected chi connectivity index (χ3v) is 14.1. The summed E-state index contributed by atoms with van der Waals surface area (Å²) in [5.74, 6) is 1.26. The molecule has 2 aliphatic rings. The predicted octanol–water partition coefficient (Wildman–Crippen LogP) is 0.356. The zero-order valence-corrected chi connectivity index (χ0v) is 21.3. The van der Waals surface area contributed by atoms with E-state index in [9.17, 15) is 0 Å². The molecule has 5 heteroatoms. The first-order valence-corrected chi connectivity index (χ1v) is 13.6. The Kier molecular flexibility index (Phi) is 10.2. The number of rotatable bonds is 5. The monoisotopic (exact) mass is 449 g/mol. The molecule has 0 bridgehead atoms. The molecular weight excluding hydrogens is 419 g/mol. The summed E-state index contributed by atoms with van der Waals surface area (Å²) in [6.45, 7) is 14.7. The third kappa shape index (κ3) is 5.01. The molecule has 0 nitrogen and oxygen atoms in total. The van der Waals surface area contributed by atoms with E-state index in [1.54, 1.807) is 14.6 Å². The van der Waals surface area contributed by atoms with Crippen LogP contribution in [-0.2, 0) is 20.4 Å². The molecule has 0 radical (unpaired) electrons. The molecule has 0 saturated heterocycles. The Labute approximate surface area is 184 Å². The quantitative estimate of drug-likeness (QED) is 0.546. The zero-order valence-electron chi connectivity index (χ0n) is 16.4. The topological polar surface area (TPSA) is 0 Å². The van der Waals surface area contributed by atoms with E-state index in [-0.39, 0.29) is 30.2 Å². The van der Waals surface area contributed by atoms with Crippen molar-refractivity contribution in [1.29, 1.82) is 0 Å². The molecule has 0 aliphatic heterocycles. The van der Waals surface area contributed by atoms with E-state index in [2.05, 4.69) is 103 Å². The summed E-state index contributed by atoms with van der Waals surface area (Å²) >= 11 is 4.60. The predicted molar refractivity (Wildman–Crippen MR) is 105 cm³/mol. The fraction of sp³-hybridized carbons (Fsp3) is 0.600. The summed E-state index contributed by atoms with van der Waals surface area (Å²) in [5, 5.41) is 1.70. The average molecular weight is 450 g/mol. The first-order valence-electron chi connectivity index (χ1n) is 8.80. The van der Waals surface area contributed by atoms with Gasteiger partial charge in [0.05, 0.1) is 0 Å². The van der Waals surface area contributed by atoms with E-state index in [0.29, 0.717) is 4.37 Å². The van der Waals surface area contributed by atoms with Gasteiger partial charge in [0.15, 0.2) is 0 Å². The number of hydrogen-bond acceptors (Lipinski definition) is 1. The van der Waals surface area contributed by atoms with Gasteiger partial charge in [-0.15, -0.1) is 0 Å². The van der Waals surface area contributed by atoms with Crippen molar-refractivity contribution in [1.82, 2.24) is 0 Å². The average Bonchev–Trinajstić information content (AvgIpc) is 2.91. The normalized spacial score (nSPS) is 23.3. The van der Waals surface area contributed by atoms with Crippen molar-refractivity contribution in [2.24, 2.45) is 5.41 Å². The Bertz CT molecular complexity index is 585. The number of hydrogen-bond donors (Lipinski definition) is 0. The second-order valence-electron chi connectivity index (χ2n) is 8.26. The van der Waals surface area contributed by atoms with Gasteiger partial charge in [0.25, 0.3) is 0 Å². The van der Waals surface area contributed by atoms with E-state index < -0.39 is 8.07 Å². The first-order chi connectivity index (χ1) is 10.7. The summed E-state index contributed by atoms with van der Waals surface area (Å²) < 4.78 is 1.90. The van der Waals surface area contributed by atoms with E-state index in [0.717, 1.165) is 6.42 Å². The molecule has 1 unspecified atom stereocenters. The van der Waals surface area contributed by atoms with Gasteiger partial charge in [-0.25, -0.2) is 0 Å². The Morgan fingerprint density at radius 2 is 1.84 bits per heavy atom. The Morgan fingerprint density at radius 3 is 2.32 bits per heavy atom. The van der Waals surface area contributed by atoms with Crippen LogP contribution >= 0.6 is 11.8 Å². The molecule has 2 aliphatic carbocycles. The van der Waals surface area contributed by atoms with Crippen LogP contribution in [0.3, 0.4) is 0 Å². The van der Waals surface area contributed by atoms with Gasteiger partial charge in [0.1, 0.15) is 0 Å². The van der Waals surface area contributed by atoms with Gasteiger partial charge in [0, 0.05) is 0 Å². The summed E-state index contributed by atoms with van der Waals surface area (Å²) in [7, 11) is -1.66. The molecule has 0 saturated carbocycles. The molecule has 0 N–H and O–H groups in total. The molecule has 0 heterocycles. The van der Waals surface area contributed by atoms with Crippen molar-refractivity contribution in [3.63, 3.8) is 0 Å². The summed E-state index contributed by atoms with van der Waals surface area (Å²) in [4.78, 5) is 0. The maximum Gasteiger partial charge on any atom is -1.00 e. The number of allylic oxidation sites excluding steroid dienone is 7. The van der Waals surface area contributed by atoms with Gasteiger partial charge >= 0.3 is 161 Å². The SMILES string of the molecule is CCCSC1([Si](C)(C)C2=[C]([Ti+2])CC=C2)CC=CC=C1C(C)(C)C.[Cl-].[Cl-]. The second kappa shape index (κ2) is 9.85. The molecule has 0 aromatic heterocycles. The van der Waals surface area contributed by atoms with Gasteiger partial charge in [0.2, 0.25) is 0 Å². The minimum atomic E-state index is -1.66. The summed E-state index contributed by atoms with van der Waals surface area (Å²) in [5.41, 5.74) is 1.90. The van der Waals surface area contributed by atoms with Crippen LogP contribution in [0.2, 0.25) is 13.1 Å². The molecule has 0 amide bonds. The minimum Gasteiger partial charge on any atom is -1.00 e. The fourth-order valence-electron chi connectivity index (χ4n) is 3.99. The molecule has 0 fully saturated rings. The number of thioether (sulfide) groups is 1. The van der Waals surface area contributed by atoms with Crippen LogP contribution in [0.5, 0.6) is 0 Å². The van der Waals surface area contributed by atoms with Crippen LogP contribution < -0.4 is 24.8 Å². The molecule has 2 rings (SSSR count). The van der Waals surface area contributed by atoms with Crippen molar-refractivity contribution in [2.45, 2.75) is 64.4 Å². The van der Waals surface area contributed by atoms with Gasteiger partial charge in [-0.1, -0.05) is 0 Å². The maximum absolute atomic E-state index is 2.61. The van der Waals surface area contributed by atoms with Crippen LogP contribution in [0.15, 0.2) is 45.0 Å². The van der Waals surface area contributed by atoms with Crippen LogP contribution in [0.4, 0.5) is 0 Å². The van der Waals surface area contributed by atoms with E-state index in [4.69, 9.17) is 0 Å². The van der Waals surface area contributed by atoms with Crippen LogP contribution in [0.1, 0.15) is 47.0 Å².